The van der Waals surface area contributed by atoms with Crippen LogP contribution < -0.4 is 5.32 Å². The first-order valence-electron chi connectivity index (χ1n) is 7.46. The van der Waals surface area contributed by atoms with Crippen LogP contribution in [-0.2, 0) is 6.18 Å². The van der Waals surface area contributed by atoms with Crippen LogP contribution in [0.1, 0.15) is 22.0 Å². The van der Waals surface area contributed by atoms with E-state index in [2.05, 4.69) is 21.2 Å². The normalized spacial score (nSPS) is 17.8. The van der Waals surface area contributed by atoms with E-state index in [-0.39, 0.29) is 15.8 Å². The summed E-state index contributed by atoms with van der Waals surface area (Å²) in [6, 6.07) is 5.28. The molecule has 0 bridgehead atoms. The van der Waals surface area contributed by atoms with E-state index in [0.717, 1.165) is 10.9 Å². The van der Waals surface area contributed by atoms with Crippen LogP contribution in [-0.4, -0.2) is 36.2 Å². The van der Waals surface area contributed by atoms with Crippen molar-refractivity contribution in [2.45, 2.75) is 12.2 Å². The molecule has 24 heavy (non-hydrogen) atoms. The van der Waals surface area contributed by atoms with Crippen molar-refractivity contribution in [3.8, 4) is 5.75 Å². The molecule has 1 fully saturated rings. The Kier molecular flexibility index (Phi) is 5.19. The van der Waals surface area contributed by atoms with Crippen molar-refractivity contribution in [3.63, 3.8) is 0 Å². The number of aromatic hydroxyl groups is 1. The summed E-state index contributed by atoms with van der Waals surface area (Å²) >= 11 is 4.56. The van der Waals surface area contributed by atoms with Crippen LogP contribution in [0.4, 0.5) is 13.2 Å². The lowest BCUT2D eigenvalue weighted by Crippen LogP contribution is -2.45. The number of benzene rings is 1. The molecule has 2 aromatic rings. The fraction of sp³-hybridized carbons (Fsp3) is 0.375. The molecule has 3 rings (SSSR count). The van der Waals surface area contributed by atoms with Gasteiger partial charge in [0.15, 0.2) is 0 Å². The third-order valence-corrected chi connectivity index (χ3v) is 5.64. The van der Waals surface area contributed by atoms with Crippen molar-refractivity contribution in [1.82, 2.24) is 10.2 Å². The smallest absolute Gasteiger partial charge is 0.416 e. The van der Waals surface area contributed by atoms with E-state index < -0.39 is 17.8 Å². The summed E-state index contributed by atoms with van der Waals surface area (Å²) in [6.45, 7) is 2.65. The van der Waals surface area contributed by atoms with Crippen LogP contribution in [0.25, 0.3) is 0 Å². The molecule has 0 saturated carbocycles. The average Bonchev–Trinajstić information content (AvgIpc) is 3.06. The first-order valence-corrected chi connectivity index (χ1v) is 9.13. The Morgan fingerprint density at radius 3 is 2.50 bits per heavy atom. The van der Waals surface area contributed by atoms with Gasteiger partial charge in [-0.3, -0.25) is 4.90 Å². The van der Waals surface area contributed by atoms with E-state index >= 15 is 0 Å². The van der Waals surface area contributed by atoms with Crippen LogP contribution in [0.15, 0.2) is 34.1 Å². The molecule has 8 heteroatoms. The number of phenols is 1. The molecule has 1 aliphatic heterocycles. The predicted octanol–water partition coefficient (Wildman–Crippen LogP) is 4.23. The Hall–Kier alpha value is -1.09. The van der Waals surface area contributed by atoms with E-state index in [0.29, 0.717) is 26.2 Å². The molecular formula is C16H16BrF3N2OS. The quantitative estimate of drug-likeness (QED) is 0.779. The Bertz CT molecular complexity index is 700. The van der Waals surface area contributed by atoms with Crippen molar-refractivity contribution in [1.29, 1.82) is 0 Å². The number of alkyl halides is 3. The summed E-state index contributed by atoms with van der Waals surface area (Å²) in [5.74, 6) is -0.346. The van der Waals surface area contributed by atoms with Gasteiger partial charge in [-0.05, 0) is 39.5 Å². The molecule has 0 spiro atoms. The fourth-order valence-corrected chi connectivity index (χ4v) is 4.21. The maximum absolute atomic E-state index is 13.6. The minimum absolute atomic E-state index is 0.0822. The van der Waals surface area contributed by atoms with Crippen LogP contribution in [0, 0.1) is 0 Å². The second-order valence-corrected chi connectivity index (χ2v) is 7.39. The minimum Gasteiger partial charge on any atom is -0.506 e. The van der Waals surface area contributed by atoms with Crippen molar-refractivity contribution in [2.24, 2.45) is 0 Å². The van der Waals surface area contributed by atoms with E-state index in [1.54, 1.807) is 0 Å². The number of halogens is 4. The van der Waals surface area contributed by atoms with Crippen molar-refractivity contribution in [3.05, 3.63) is 50.1 Å². The summed E-state index contributed by atoms with van der Waals surface area (Å²) < 4.78 is 41.0. The minimum atomic E-state index is -4.53. The van der Waals surface area contributed by atoms with Crippen LogP contribution in [0.5, 0.6) is 5.75 Å². The molecule has 1 aliphatic rings. The molecule has 0 unspecified atom stereocenters. The molecule has 1 saturated heterocycles. The molecule has 130 valence electrons. The SMILES string of the molecule is Oc1c(Br)ccc(C(F)(F)F)c1[C@H](c1cccs1)N1CCNCC1. The van der Waals surface area contributed by atoms with Gasteiger partial charge >= 0.3 is 6.18 Å². The highest BCUT2D eigenvalue weighted by Gasteiger charge is 2.40. The van der Waals surface area contributed by atoms with Gasteiger partial charge in [-0.25, -0.2) is 0 Å². The van der Waals surface area contributed by atoms with E-state index in [9.17, 15) is 18.3 Å². The molecule has 1 atom stereocenters. The largest absolute Gasteiger partial charge is 0.506 e. The van der Waals surface area contributed by atoms with Gasteiger partial charge in [0.2, 0.25) is 0 Å². The van der Waals surface area contributed by atoms with Gasteiger partial charge in [-0.1, -0.05) is 6.07 Å². The summed E-state index contributed by atoms with van der Waals surface area (Å²) in [4.78, 5) is 2.77. The van der Waals surface area contributed by atoms with Gasteiger partial charge < -0.3 is 10.4 Å². The topological polar surface area (TPSA) is 35.5 Å². The van der Waals surface area contributed by atoms with Gasteiger partial charge in [0.05, 0.1) is 16.1 Å². The maximum Gasteiger partial charge on any atom is 0.416 e. The molecule has 3 nitrogen and oxygen atoms in total. The molecule has 2 N–H and O–H groups in total. The standard InChI is InChI=1S/C16H16BrF3N2OS/c17-11-4-3-10(16(18,19)20)13(15(11)23)14(12-2-1-9-24-12)22-7-5-21-6-8-22/h1-4,9,14,21,23H,5-8H2/t14-/m0/s1. The van der Waals surface area contributed by atoms with Gasteiger partial charge in [0, 0.05) is 36.6 Å². The lowest BCUT2D eigenvalue weighted by atomic mass is 9.95. The lowest BCUT2D eigenvalue weighted by molar-refractivity contribution is -0.138. The number of hydrogen-bond donors (Lipinski definition) is 2. The number of nitrogens with one attached hydrogen (secondary N) is 1. The lowest BCUT2D eigenvalue weighted by Gasteiger charge is -2.36. The molecular weight excluding hydrogens is 405 g/mol. The van der Waals surface area contributed by atoms with E-state index in [1.807, 2.05) is 22.4 Å². The zero-order valence-electron chi connectivity index (χ0n) is 12.6. The van der Waals surface area contributed by atoms with Gasteiger partial charge in [0.25, 0.3) is 0 Å². The molecule has 2 heterocycles. The second-order valence-electron chi connectivity index (χ2n) is 5.56. The number of phenolic OH excluding ortho intramolecular Hbond substituents is 1. The second kappa shape index (κ2) is 7.03. The number of nitrogens with zero attached hydrogens (tertiary/aromatic N) is 1. The van der Waals surface area contributed by atoms with Gasteiger partial charge in [0.1, 0.15) is 5.75 Å². The molecule has 0 aliphatic carbocycles. The van der Waals surface area contributed by atoms with Crippen molar-refractivity contribution in [2.75, 3.05) is 26.2 Å². The molecule has 0 amide bonds. The first-order chi connectivity index (χ1) is 11.4. The van der Waals surface area contributed by atoms with Crippen LogP contribution in [0.3, 0.4) is 0 Å². The van der Waals surface area contributed by atoms with E-state index in [4.69, 9.17) is 0 Å². The zero-order valence-corrected chi connectivity index (χ0v) is 15.0. The first kappa shape index (κ1) is 17.7. The van der Waals surface area contributed by atoms with Gasteiger partial charge in [-0.15, -0.1) is 11.3 Å². The fourth-order valence-electron chi connectivity index (χ4n) is 3.00. The summed E-state index contributed by atoms with van der Waals surface area (Å²) in [5, 5.41) is 15.5. The zero-order chi connectivity index (χ0) is 17.3. The highest BCUT2D eigenvalue weighted by molar-refractivity contribution is 9.10. The van der Waals surface area contributed by atoms with Crippen molar-refractivity contribution < 1.29 is 18.3 Å². The Labute approximate surface area is 150 Å². The van der Waals surface area contributed by atoms with E-state index in [1.165, 1.54) is 17.4 Å². The third-order valence-electron chi connectivity index (χ3n) is 4.08. The van der Waals surface area contributed by atoms with Crippen molar-refractivity contribution >= 4 is 27.3 Å². The number of piperazine rings is 1. The van der Waals surface area contributed by atoms with Gasteiger partial charge in [-0.2, -0.15) is 13.2 Å². The Morgan fingerprint density at radius 1 is 1.21 bits per heavy atom. The highest BCUT2D eigenvalue weighted by atomic mass is 79.9. The molecule has 1 aromatic heterocycles. The summed E-state index contributed by atoms with van der Waals surface area (Å²) in [6.07, 6.45) is -4.53. The summed E-state index contributed by atoms with van der Waals surface area (Å²) in [7, 11) is 0. The summed E-state index contributed by atoms with van der Waals surface area (Å²) in [5.41, 5.74) is -0.874. The Morgan fingerprint density at radius 2 is 1.92 bits per heavy atom. The number of thiophene rings is 1. The van der Waals surface area contributed by atoms with Crippen LogP contribution >= 0.6 is 27.3 Å². The third kappa shape index (κ3) is 3.46. The van der Waals surface area contributed by atoms with Crippen LogP contribution in [0.2, 0.25) is 0 Å². The monoisotopic (exact) mass is 420 g/mol. The number of hydrogen-bond acceptors (Lipinski definition) is 4. The Balaban J connectivity index is 2.19. The predicted molar refractivity (Wildman–Crippen MR) is 91.4 cm³/mol. The average molecular weight is 421 g/mol. The number of rotatable bonds is 3. The molecule has 0 radical (unpaired) electrons. The maximum atomic E-state index is 13.6. The molecule has 1 aromatic carbocycles. The highest BCUT2D eigenvalue weighted by Crippen LogP contribution is 2.46.